The number of carbonyl (C=O) groups is 1. The molecule has 1 aromatic rings. The maximum Gasteiger partial charge on any atom is 0.339 e. The molecule has 6 heteroatoms. The number of unbranched alkanes of at least 4 members (excludes halogenated alkanes) is 7. The van der Waals surface area contributed by atoms with E-state index in [0.717, 1.165) is 12.8 Å². The first-order chi connectivity index (χ1) is 11.7. The quantitative estimate of drug-likeness (QED) is 0.248. The largest absolute Gasteiger partial charge is 0.493 e. The van der Waals surface area contributed by atoms with Crippen molar-refractivity contribution in [3.05, 3.63) is 23.8 Å². The Balaban J connectivity index is 2.34. The number of aromatic carboxylic acids is 1. The molecule has 0 aromatic heterocycles. The van der Waals surface area contributed by atoms with E-state index >= 15 is 0 Å². The lowest BCUT2D eigenvalue weighted by atomic mass is 10.1. The van der Waals surface area contributed by atoms with Gasteiger partial charge in [-0.3, -0.25) is 0 Å². The summed E-state index contributed by atoms with van der Waals surface area (Å²) in [7, 11) is 0. The fraction of sp³-hybridized carbons (Fsp3) is 0.556. The predicted octanol–water partition coefficient (Wildman–Crippen LogP) is 4.53. The SMILES string of the molecule is CCCCCCCCCCOc1ccc(C(=O)O)c(ON=C=O)c1. The van der Waals surface area contributed by atoms with Crippen LogP contribution in [0.25, 0.3) is 0 Å². The zero-order chi connectivity index (χ0) is 17.6. The molecule has 132 valence electrons. The number of isocyanates is 1. The highest BCUT2D eigenvalue weighted by Crippen LogP contribution is 2.25. The Morgan fingerprint density at radius 2 is 1.79 bits per heavy atom. The second kappa shape index (κ2) is 12.1. The highest BCUT2D eigenvalue weighted by Gasteiger charge is 2.13. The average molecular weight is 335 g/mol. The average Bonchev–Trinajstić information content (AvgIpc) is 2.58. The zero-order valence-corrected chi connectivity index (χ0v) is 14.1. The van der Waals surface area contributed by atoms with Gasteiger partial charge < -0.3 is 14.7 Å². The minimum Gasteiger partial charge on any atom is -0.493 e. The molecule has 0 bridgehead atoms. The van der Waals surface area contributed by atoms with Crippen LogP contribution in [0.4, 0.5) is 0 Å². The summed E-state index contributed by atoms with van der Waals surface area (Å²) in [4.78, 5) is 25.9. The molecule has 0 unspecified atom stereocenters. The van der Waals surface area contributed by atoms with Crippen LogP contribution in [-0.2, 0) is 4.79 Å². The minimum absolute atomic E-state index is 0.0423. The van der Waals surface area contributed by atoms with Crippen molar-refractivity contribution in [3.8, 4) is 11.5 Å². The van der Waals surface area contributed by atoms with Gasteiger partial charge in [-0.05, 0) is 18.6 Å². The molecule has 1 aromatic carbocycles. The second-order valence-corrected chi connectivity index (χ2v) is 5.56. The van der Waals surface area contributed by atoms with Crippen molar-refractivity contribution in [3.63, 3.8) is 0 Å². The number of carboxylic acids is 1. The fourth-order valence-electron chi connectivity index (χ4n) is 2.34. The van der Waals surface area contributed by atoms with Crippen LogP contribution in [0.5, 0.6) is 11.5 Å². The lowest BCUT2D eigenvalue weighted by molar-refractivity contribution is 0.0692. The van der Waals surface area contributed by atoms with E-state index in [1.165, 1.54) is 56.7 Å². The summed E-state index contributed by atoms with van der Waals surface area (Å²) in [6.07, 6.45) is 10.9. The van der Waals surface area contributed by atoms with E-state index in [1.54, 1.807) is 6.07 Å². The first-order valence-corrected chi connectivity index (χ1v) is 8.43. The Kier molecular flexibility index (Phi) is 9.97. The van der Waals surface area contributed by atoms with Crippen LogP contribution in [0.1, 0.15) is 68.6 Å². The maximum absolute atomic E-state index is 11.1. The van der Waals surface area contributed by atoms with Crippen LogP contribution in [-0.4, -0.2) is 23.8 Å². The smallest absolute Gasteiger partial charge is 0.339 e. The molecule has 24 heavy (non-hydrogen) atoms. The number of benzene rings is 1. The van der Waals surface area contributed by atoms with Gasteiger partial charge in [0.2, 0.25) is 0 Å². The lowest BCUT2D eigenvalue weighted by Crippen LogP contribution is -2.02. The highest BCUT2D eigenvalue weighted by molar-refractivity contribution is 5.91. The minimum atomic E-state index is -1.17. The number of carboxylic acid groups (broad SMARTS) is 1. The van der Waals surface area contributed by atoms with Crippen molar-refractivity contribution in [2.75, 3.05) is 6.61 Å². The number of hydrogen-bond acceptors (Lipinski definition) is 5. The Labute approximate surface area is 142 Å². The molecule has 0 atom stereocenters. The van der Waals surface area contributed by atoms with Crippen molar-refractivity contribution < 1.29 is 24.3 Å². The second-order valence-electron chi connectivity index (χ2n) is 5.56. The molecule has 0 heterocycles. The summed E-state index contributed by atoms with van der Waals surface area (Å²) < 4.78 is 5.59. The van der Waals surface area contributed by atoms with Gasteiger partial charge in [0.05, 0.1) is 6.61 Å². The first kappa shape index (κ1) is 19.7. The Morgan fingerprint density at radius 3 is 2.42 bits per heavy atom. The topological polar surface area (TPSA) is 85.2 Å². The van der Waals surface area contributed by atoms with Crippen molar-refractivity contribution in [1.82, 2.24) is 0 Å². The molecule has 6 nitrogen and oxygen atoms in total. The summed E-state index contributed by atoms with van der Waals surface area (Å²) >= 11 is 0. The molecule has 0 aliphatic carbocycles. The fourth-order valence-corrected chi connectivity index (χ4v) is 2.34. The molecular formula is C18H25NO5. The zero-order valence-electron chi connectivity index (χ0n) is 14.1. The van der Waals surface area contributed by atoms with Crippen LogP contribution in [0.2, 0.25) is 0 Å². The van der Waals surface area contributed by atoms with Crippen LogP contribution < -0.4 is 9.57 Å². The molecule has 0 amide bonds. The molecule has 0 aliphatic rings. The van der Waals surface area contributed by atoms with E-state index in [4.69, 9.17) is 14.7 Å². The summed E-state index contributed by atoms with van der Waals surface area (Å²) in [5, 5.41) is 12.0. The third kappa shape index (κ3) is 7.79. The predicted molar refractivity (Wildman–Crippen MR) is 90.3 cm³/mol. The number of nitrogens with zero attached hydrogens (tertiary/aromatic N) is 1. The van der Waals surface area contributed by atoms with Gasteiger partial charge >= 0.3 is 5.97 Å². The van der Waals surface area contributed by atoms with E-state index in [0.29, 0.717) is 12.4 Å². The van der Waals surface area contributed by atoms with E-state index in [2.05, 4.69) is 12.1 Å². The number of carbonyl (C=O) groups excluding carboxylic acids is 1. The van der Waals surface area contributed by atoms with Crippen LogP contribution in [0.15, 0.2) is 23.4 Å². The van der Waals surface area contributed by atoms with Crippen molar-refractivity contribution in [2.45, 2.75) is 58.3 Å². The molecule has 0 saturated carbocycles. The summed E-state index contributed by atoms with van der Waals surface area (Å²) in [6, 6.07) is 4.34. The van der Waals surface area contributed by atoms with Crippen molar-refractivity contribution in [1.29, 1.82) is 0 Å². The van der Waals surface area contributed by atoms with Crippen LogP contribution in [0, 0.1) is 0 Å². The Hall–Kier alpha value is -2.33. The molecule has 0 saturated heterocycles. The van der Waals surface area contributed by atoms with E-state index < -0.39 is 5.97 Å². The van der Waals surface area contributed by atoms with Crippen molar-refractivity contribution >= 4 is 12.0 Å². The molecule has 0 spiro atoms. The van der Waals surface area contributed by atoms with Gasteiger partial charge in [-0.1, -0.05) is 51.9 Å². The first-order valence-electron chi connectivity index (χ1n) is 8.43. The summed E-state index contributed by atoms with van der Waals surface area (Å²) in [5.74, 6) is -0.723. The van der Waals surface area contributed by atoms with E-state index in [9.17, 15) is 9.59 Å². The van der Waals surface area contributed by atoms with Gasteiger partial charge in [0.15, 0.2) is 5.75 Å². The Morgan fingerprint density at radius 1 is 1.12 bits per heavy atom. The van der Waals surface area contributed by atoms with E-state index in [1.807, 2.05) is 0 Å². The standard InChI is InChI=1S/C18H25NO5/c1-2-3-4-5-6-7-8-9-12-23-15-10-11-16(18(21)22)17(13-15)24-19-14-20/h10-11,13H,2-9,12H2,1H3,(H,21,22). The number of ether oxygens (including phenoxy) is 1. The molecule has 1 N–H and O–H groups in total. The lowest BCUT2D eigenvalue weighted by Gasteiger charge is -2.08. The normalized spacial score (nSPS) is 10.0. The monoisotopic (exact) mass is 335 g/mol. The number of rotatable bonds is 13. The van der Waals surface area contributed by atoms with Gasteiger partial charge in [0.1, 0.15) is 11.3 Å². The molecular weight excluding hydrogens is 310 g/mol. The third-order valence-electron chi connectivity index (χ3n) is 3.63. The van der Waals surface area contributed by atoms with Gasteiger partial charge in [-0.2, -0.15) is 0 Å². The summed E-state index contributed by atoms with van der Waals surface area (Å²) in [5.41, 5.74) is -0.0894. The van der Waals surface area contributed by atoms with Crippen LogP contribution >= 0.6 is 0 Å². The van der Waals surface area contributed by atoms with Crippen molar-refractivity contribution in [2.24, 2.45) is 5.16 Å². The third-order valence-corrected chi connectivity index (χ3v) is 3.63. The highest BCUT2D eigenvalue weighted by atomic mass is 16.6. The van der Waals surface area contributed by atoms with Crippen LogP contribution in [0.3, 0.4) is 0 Å². The van der Waals surface area contributed by atoms with Gasteiger partial charge in [0, 0.05) is 11.2 Å². The van der Waals surface area contributed by atoms with Gasteiger partial charge in [-0.25, -0.2) is 9.59 Å². The summed E-state index contributed by atoms with van der Waals surface area (Å²) in [6.45, 7) is 2.76. The molecule has 1 rings (SSSR count). The maximum atomic E-state index is 11.1. The molecule has 0 fully saturated rings. The van der Waals surface area contributed by atoms with E-state index in [-0.39, 0.29) is 11.3 Å². The number of hydrogen-bond donors (Lipinski definition) is 1. The Bertz CT molecular complexity index is 552. The molecule has 0 aliphatic heterocycles. The van der Waals surface area contributed by atoms with Gasteiger partial charge in [-0.15, -0.1) is 0 Å². The van der Waals surface area contributed by atoms with Gasteiger partial charge in [0.25, 0.3) is 6.08 Å². The molecule has 0 radical (unpaired) electrons.